The zero-order chi connectivity index (χ0) is 22.7. The summed E-state index contributed by atoms with van der Waals surface area (Å²) in [6, 6.07) is 27.5. The number of pyridine rings is 1. The Morgan fingerprint density at radius 2 is 1.23 bits per heavy atom. The lowest BCUT2D eigenvalue weighted by Crippen LogP contribution is -2.25. The van der Waals surface area contributed by atoms with Crippen molar-refractivity contribution >= 4 is 17.1 Å². The van der Waals surface area contributed by atoms with E-state index in [1.165, 1.54) is 83.8 Å². The number of nitrogens with zero attached hydrogens (tertiary/aromatic N) is 2. The lowest BCUT2D eigenvalue weighted by atomic mass is 9.84. The molecule has 0 saturated heterocycles. The Morgan fingerprint density at radius 1 is 0.514 bits per heavy atom. The Balaban J connectivity index is 1.31. The molecule has 0 saturated carbocycles. The van der Waals surface area contributed by atoms with E-state index in [9.17, 15) is 0 Å². The predicted octanol–water partition coefficient (Wildman–Crippen LogP) is 7.50. The van der Waals surface area contributed by atoms with Gasteiger partial charge >= 0.3 is 0 Å². The van der Waals surface area contributed by atoms with Crippen molar-refractivity contribution in [1.29, 1.82) is 0 Å². The first kappa shape index (κ1) is 18.2. The van der Waals surface area contributed by atoms with Gasteiger partial charge in [-0.3, -0.25) is 4.98 Å². The molecule has 2 aliphatic heterocycles. The van der Waals surface area contributed by atoms with Gasteiger partial charge in [-0.25, -0.2) is 0 Å². The highest BCUT2D eigenvalue weighted by molar-refractivity contribution is 5.95. The average molecular weight is 447 g/mol. The highest BCUT2D eigenvalue weighted by Gasteiger charge is 2.36. The molecule has 9 rings (SSSR count). The number of anilines is 3. The van der Waals surface area contributed by atoms with Crippen LogP contribution in [0, 0.1) is 0 Å². The van der Waals surface area contributed by atoms with E-state index in [1.807, 2.05) is 0 Å². The maximum atomic E-state index is 4.70. The molecule has 164 valence electrons. The van der Waals surface area contributed by atoms with Crippen molar-refractivity contribution in [2.24, 2.45) is 0 Å². The molecule has 0 atom stereocenters. The van der Waals surface area contributed by atoms with Crippen molar-refractivity contribution in [3.8, 4) is 22.3 Å². The number of hydrogen-bond acceptors (Lipinski definition) is 2. The van der Waals surface area contributed by atoms with Crippen molar-refractivity contribution in [2.75, 3.05) is 4.90 Å². The monoisotopic (exact) mass is 446 g/mol. The highest BCUT2D eigenvalue weighted by Crippen LogP contribution is 2.55. The molecule has 2 nitrogen and oxygen atoms in total. The van der Waals surface area contributed by atoms with Gasteiger partial charge in [-0.1, -0.05) is 54.6 Å². The summed E-state index contributed by atoms with van der Waals surface area (Å²) in [5.41, 5.74) is 21.1. The number of rotatable bonds is 0. The van der Waals surface area contributed by atoms with Crippen LogP contribution >= 0.6 is 0 Å². The molecular formula is C33H22N2. The summed E-state index contributed by atoms with van der Waals surface area (Å²) >= 11 is 0. The van der Waals surface area contributed by atoms with Crippen LogP contribution in [0.25, 0.3) is 22.3 Å². The Hall–Kier alpha value is -4.17. The van der Waals surface area contributed by atoms with Crippen LogP contribution in [0.4, 0.5) is 17.1 Å². The first-order valence-electron chi connectivity index (χ1n) is 12.6. The minimum absolute atomic E-state index is 0.945. The lowest BCUT2D eigenvalue weighted by molar-refractivity contribution is 0.984. The van der Waals surface area contributed by atoms with Gasteiger partial charge in [-0.15, -0.1) is 0 Å². The van der Waals surface area contributed by atoms with Gasteiger partial charge in [0.05, 0.1) is 17.1 Å². The fourth-order valence-electron chi connectivity index (χ4n) is 7.10. The molecule has 4 aromatic carbocycles. The van der Waals surface area contributed by atoms with Gasteiger partial charge in [-0.05, 0) is 97.8 Å². The zero-order valence-corrected chi connectivity index (χ0v) is 19.3. The van der Waals surface area contributed by atoms with Gasteiger partial charge in [0.15, 0.2) is 0 Å². The van der Waals surface area contributed by atoms with Gasteiger partial charge in [0.2, 0.25) is 0 Å². The standard InChI is InChI=1S/C33H22N2/c1-3-7-26-19(5-1)12-22-16-31-23(14-28(22)26)13-24-17-34-18-25-15-29-30(35(31)33(24)25)10-9-21-11-20-6-2-4-8-27(20)32(21)29/h1-10,14,16-18H,11-13,15H2. The average Bonchev–Trinajstić information content (AvgIpc) is 3.45. The van der Waals surface area contributed by atoms with Crippen LogP contribution in [0.15, 0.2) is 85.2 Å². The Bertz CT molecular complexity index is 1760. The minimum atomic E-state index is 0.945. The summed E-state index contributed by atoms with van der Waals surface area (Å²) in [7, 11) is 0. The number of hydrogen-bond donors (Lipinski definition) is 0. The summed E-state index contributed by atoms with van der Waals surface area (Å²) in [6.07, 6.45) is 8.14. The Kier molecular flexibility index (Phi) is 3.27. The third-order valence-corrected chi connectivity index (χ3v) is 8.56. The molecule has 0 bridgehead atoms. The Labute approximate surface area is 204 Å². The SMILES string of the molecule is c1ccc2c(c1)Cc1cc3c(cc1-2)Cc1cncc2c1N3c1ccc3c(c1C2)-c1ccccc1C3. The third kappa shape index (κ3) is 2.27. The second-order valence-corrected chi connectivity index (χ2v) is 10.4. The van der Waals surface area contributed by atoms with Crippen LogP contribution in [0.1, 0.15) is 44.5 Å². The normalized spacial score (nSPS) is 14.9. The molecular weight excluding hydrogens is 424 g/mol. The van der Waals surface area contributed by atoms with E-state index < -0.39 is 0 Å². The van der Waals surface area contributed by atoms with E-state index in [1.54, 1.807) is 0 Å². The molecule has 0 amide bonds. The quantitative estimate of drug-likeness (QED) is 0.240. The smallest absolute Gasteiger partial charge is 0.0563 e. The van der Waals surface area contributed by atoms with Crippen LogP contribution in [0.3, 0.4) is 0 Å². The molecule has 0 radical (unpaired) electrons. The molecule has 4 aliphatic rings. The van der Waals surface area contributed by atoms with Gasteiger partial charge < -0.3 is 4.90 Å². The molecule has 1 aromatic heterocycles. The first-order valence-corrected chi connectivity index (χ1v) is 12.6. The summed E-state index contributed by atoms with van der Waals surface area (Å²) in [5.74, 6) is 0. The molecule has 0 fully saturated rings. The van der Waals surface area contributed by atoms with Crippen molar-refractivity contribution in [3.05, 3.63) is 130 Å². The fourth-order valence-corrected chi connectivity index (χ4v) is 7.10. The van der Waals surface area contributed by atoms with Crippen molar-refractivity contribution in [1.82, 2.24) is 4.98 Å². The third-order valence-electron chi connectivity index (χ3n) is 8.56. The summed E-state index contributed by atoms with van der Waals surface area (Å²) in [5, 5.41) is 0. The molecule has 2 aliphatic carbocycles. The van der Waals surface area contributed by atoms with E-state index >= 15 is 0 Å². The fraction of sp³-hybridized carbons (Fsp3) is 0.121. The molecule has 0 N–H and O–H groups in total. The Morgan fingerprint density at radius 3 is 2.11 bits per heavy atom. The van der Waals surface area contributed by atoms with Crippen molar-refractivity contribution in [3.63, 3.8) is 0 Å². The lowest BCUT2D eigenvalue weighted by Gasteiger charge is -2.40. The summed E-state index contributed by atoms with van der Waals surface area (Å²) in [4.78, 5) is 7.27. The topological polar surface area (TPSA) is 16.1 Å². The first-order chi connectivity index (χ1) is 17.3. The van der Waals surface area contributed by atoms with Crippen LogP contribution in [-0.4, -0.2) is 4.98 Å². The maximum absolute atomic E-state index is 4.70. The maximum Gasteiger partial charge on any atom is 0.0563 e. The molecule has 35 heavy (non-hydrogen) atoms. The zero-order valence-electron chi connectivity index (χ0n) is 19.3. The summed E-state index contributed by atoms with van der Waals surface area (Å²) < 4.78 is 0. The van der Waals surface area contributed by atoms with E-state index in [0.717, 1.165) is 25.7 Å². The van der Waals surface area contributed by atoms with E-state index in [4.69, 9.17) is 4.98 Å². The number of fused-ring (bicyclic) bond motifs is 11. The molecule has 0 unspecified atom stereocenters. The predicted molar refractivity (Wildman–Crippen MR) is 141 cm³/mol. The molecule has 3 heterocycles. The van der Waals surface area contributed by atoms with Crippen molar-refractivity contribution < 1.29 is 0 Å². The summed E-state index contributed by atoms with van der Waals surface area (Å²) in [6.45, 7) is 0. The highest BCUT2D eigenvalue weighted by atomic mass is 15.2. The van der Waals surface area contributed by atoms with Gasteiger partial charge in [0, 0.05) is 25.2 Å². The molecule has 5 aromatic rings. The van der Waals surface area contributed by atoms with Gasteiger partial charge in [0.1, 0.15) is 0 Å². The van der Waals surface area contributed by atoms with E-state index in [0.29, 0.717) is 0 Å². The molecule has 2 heteroatoms. The van der Waals surface area contributed by atoms with Crippen molar-refractivity contribution in [2.45, 2.75) is 25.7 Å². The van der Waals surface area contributed by atoms with Crippen LogP contribution in [-0.2, 0) is 25.7 Å². The second kappa shape index (κ2) is 6.28. The van der Waals surface area contributed by atoms with Crippen LogP contribution in [0.2, 0.25) is 0 Å². The molecule has 0 spiro atoms. The number of benzene rings is 4. The second-order valence-electron chi connectivity index (χ2n) is 10.4. The number of aromatic nitrogens is 1. The van der Waals surface area contributed by atoms with Gasteiger partial charge in [-0.2, -0.15) is 0 Å². The van der Waals surface area contributed by atoms with E-state index in [2.05, 4.69) is 90.1 Å². The minimum Gasteiger partial charge on any atom is -0.309 e. The van der Waals surface area contributed by atoms with E-state index in [-0.39, 0.29) is 0 Å². The largest absolute Gasteiger partial charge is 0.309 e. The van der Waals surface area contributed by atoms with Gasteiger partial charge in [0.25, 0.3) is 0 Å². The van der Waals surface area contributed by atoms with Crippen LogP contribution in [0.5, 0.6) is 0 Å². The van der Waals surface area contributed by atoms with Crippen LogP contribution < -0.4 is 4.90 Å².